The van der Waals surface area contributed by atoms with Crippen molar-refractivity contribution in [1.82, 2.24) is 10.3 Å². The number of halogens is 1. The number of rotatable bonds is 4. The van der Waals surface area contributed by atoms with Crippen LogP contribution in [0.2, 0.25) is 0 Å². The Morgan fingerprint density at radius 2 is 1.90 bits per heavy atom. The van der Waals surface area contributed by atoms with Gasteiger partial charge in [-0.05, 0) is 82.2 Å². The SMILES string of the molecule is CC1N=C(c2ccc(C(=O)NC3CCC(C(C)(C)O)CC3)nc2)c2cc(F)ccc21. The average Bonchev–Trinajstić information content (AvgIpc) is 3.03. The lowest BCUT2D eigenvalue weighted by Crippen LogP contribution is -2.42. The van der Waals surface area contributed by atoms with E-state index in [1.54, 1.807) is 18.3 Å². The van der Waals surface area contributed by atoms with E-state index in [9.17, 15) is 14.3 Å². The standard InChI is InChI=1S/C24H28FN3O2/c1-14-19-10-7-17(25)12-20(19)22(27-14)15-4-11-21(26-13-15)23(29)28-18-8-5-16(6-9-18)24(2,3)30/h4,7,10-14,16,18,30H,5-6,8-9H2,1-3H3,(H,28,29). The summed E-state index contributed by atoms with van der Waals surface area (Å²) in [5, 5.41) is 13.2. The summed E-state index contributed by atoms with van der Waals surface area (Å²) in [6.07, 6.45) is 5.14. The van der Waals surface area contributed by atoms with Gasteiger partial charge >= 0.3 is 0 Å². The van der Waals surface area contributed by atoms with Crippen molar-refractivity contribution in [1.29, 1.82) is 0 Å². The predicted octanol–water partition coefficient (Wildman–Crippen LogP) is 4.19. The molecule has 0 bridgehead atoms. The highest BCUT2D eigenvalue weighted by atomic mass is 19.1. The molecule has 2 N–H and O–H groups in total. The summed E-state index contributed by atoms with van der Waals surface area (Å²) in [7, 11) is 0. The van der Waals surface area contributed by atoms with Crippen molar-refractivity contribution in [3.63, 3.8) is 0 Å². The van der Waals surface area contributed by atoms with Crippen molar-refractivity contribution in [3.8, 4) is 0 Å². The normalized spacial score (nSPS) is 23.6. The number of aromatic nitrogens is 1. The lowest BCUT2D eigenvalue weighted by molar-refractivity contribution is -0.00258. The third-order valence-corrected chi connectivity index (χ3v) is 6.37. The first kappa shape index (κ1) is 20.7. The fourth-order valence-corrected chi connectivity index (χ4v) is 4.53. The van der Waals surface area contributed by atoms with E-state index in [0.717, 1.165) is 42.4 Å². The lowest BCUT2D eigenvalue weighted by Gasteiger charge is -2.36. The van der Waals surface area contributed by atoms with Crippen LogP contribution >= 0.6 is 0 Å². The first-order chi connectivity index (χ1) is 14.2. The van der Waals surface area contributed by atoms with Crippen LogP contribution < -0.4 is 5.32 Å². The molecular weight excluding hydrogens is 381 g/mol. The minimum atomic E-state index is -0.672. The molecule has 6 heteroatoms. The second-order valence-electron chi connectivity index (χ2n) is 8.99. The van der Waals surface area contributed by atoms with Gasteiger partial charge < -0.3 is 10.4 Å². The van der Waals surface area contributed by atoms with Gasteiger partial charge in [0, 0.05) is 23.4 Å². The smallest absolute Gasteiger partial charge is 0.270 e. The van der Waals surface area contributed by atoms with Crippen LogP contribution in [0.3, 0.4) is 0 Å². The summed E-state index contributed by atoms with van der Waals surface area (Å²) in [6, 6.07) is 8.31. The van der Waals surface area contributed by atoms with Crippen LogP contribution in [-0.2, 0) is 0 Å². The van der Waals surface area contributed by atoms with Gasteiger partial charge in [-0.2, -0.15) is 0 Å². The van der Waals surface area contributed by atoms with Gasteiger partial charge in [-0.15, -0.1) is 0 Å². The van der Waals surface area contributed by atoms with E-state index in [2.05, 4.69) is 15.3 Å². The number of carbonyl (C=O) groups excluding carboxylic acids is 1. The van der Waals surface area contributed by atoms with E-state index in [1.165, 1.54) is 12.1 Å². The van der Waals surface area contributed by atoms with Crippen LogP contribution in [0.1, 0.15) is 79.7 Å². The fraction of sp³-hybridized carbons (Fsp3) is 0.458. The highest BCUT2D eigenvalue weighted by Crippen LogP contribution is 2.33. The first-order valence-corrected chi connectivity index (χ1v) is 10.6. The van der Waals surface area contributed by atoms with E-state index >= 15 is 0 Å². The number of aliphatic hydroxyl groups is 1. The number of nitrogens with zero attached hydrogens (tertiary/aromatic N) is 2. The first-order valence-electron chi connectivity index (χ1n) is 10.6. The van der Waals surface area contributed by atoms with Gasteiger partial charge in [-0.25, -0.2) is 4.39 Å². The Morgan fingerprint density at radius 1 is 1.17 bits per heavy atom. The topological polar surface area (TPSA) is 74.6 Å². The zero-order valence-corrected chi connectivity index (χ0v) is 17.7. The number of hydrogen-bond acceptors (Lipinski definition) is 4. The van der Waals surface area contributed by atoms with E-state index < -0.39 is 5.60 Å². The Kier molecular flexibility index (Phi) is 5.45. The highest BCUT2D eigenvalue weighted by molar-refractivity contribution is 6.15. The Labute approximate surface area is 176 Å². The molecule has 1 fully saturated rings. The fourth-order valence-electron chi connectivity index (χ4n) is 4.53. The van der Waals surface area contributed by atoms with Crippen molar-refractivity contribution in [2.75, 3.05) is 0 Å². The second-order valence-corrected chi connectivity index (χ2v) is 8.99. The van der Waals surface area contributed by atoms with Crippen LogP contribution in [0.25, 0.3) is 0 Å². The van der Waals surface area contributed by atoms with Gasteiger partial charge in [0.15, 0.2) is 0 Å². The zero-order chi connectivity index (χ0) is 21.5. The van der Waals surface area contributed by atoms with Gasteiger partial charge in [-0.3, -0.25) is 14.8 Å². The van der Waals surface area contributed by atoms with Gasteiger partial charge in [0.25, 0.3) is 5.91 Å². The molecule has 0 spiro atoms. The molecule has 1 unspecified atom stereocenters. The minimum absolute atomic E-state index is 0.0300. The maximum Gasteiger partial charge on any atom is 0.270 e. The summed E-state index contributed by atoms with van der Waals surface area (Å²) >= 11 is 0. The van der Waals surface area contributed by atoms with E-state index in [0.29, 0.717) is 11.4 Å². The van der Waals surface area contributed by atoms with Crippen molar-refractivity contribution in [3.05, 3.63) is 64.7 Å². The molecule has 0 saturated heterocycles. The number of carbonyl (C=O) groups is 1. The number of hydrogen-bond donors (Lipinski definition) is 2. The van der Waals surface area contributed by atoms with E-state index in [4.69, 9.17) is 0 Å². The molecule has 2 heterocycles. The van der Waals surface area contributed by atoms with Crippen LogP contribution in [0.15, 0.2) is 41.5 Å². The molecule has 1 aromatic carbocycles. The summed E-state index contributed by atoms with van der Waals surface area (Å²) < 4.78 is 13.7. The van der Waals surface area contributed by atoms with Crippen molar-refractivity contribution < 1.29 is 14.3 Å². The van der Waals surface area contributed by atoms with E-state index in [1.807, 2.05) is 26.8 Å². The Balaban J connectivity index is 1.42. The molecule has 4 rings (SSSR count). The molecule has 30 heavy (non-hydrogen) atoms. The molecule has 1 aliphatic heterocycles. The summed E-state index contributed by atoms with van der Waals surface area (Å²) in [6.45, 7) is 5.68. The maximum atomic E-state index is 13.7. The van der Waals surface area contributed by atoms with Crippen LogP contribution in [0.5, 0.6) is 0 Å². The largest absolute Gasteiger partial charge is 0.390 e. The number of amides is 1. The molecule has 0 radical (unpaired) electrons. The summed E-state index contributed by atoms with van der Waals surface area (Å²) in [5.41, 5.74) is 2.94. The van der Waals surface area contributed by atoms with Crippen LogP contribution in [0, 0.1) is 11.7 Å². The van der Waals surface area contributed by atoms with Crippen molar-refractivity contribution in [2.45, 2.75) is 64.1 Å². The highest BCUT2D eigenvalue weighted by Gasteiger charge is 2.32. The quantitative estimate of drug-likeness (QED) is 0.795. The molecular formula is C24H28FN3O2. The zero-order valence-electron chi connectivity index (χ0n) is 17.7. The van der Waals surface area contributed by atoms with Crippen molar-refractivity contribution in [2.24, 2.45) is 10.9 Å². The van der Waals surface area contributed by atoms with Gasteiger partial charge in [0.05, 0.1) is 17.4 Å². The molecule has 2 aromatic rings. The lowest BCUT2D eigenvalue weighted by atomic mass is 9.77. The summed E-state index contributed by atoms with van der Waals surface area (Å²) in [5.74, 6) is -0.217. The predicted molar refractivity (Wildman–Crippen MR) is 114 cm³/mol. The third kappa shape index (κ3) is 4.15. The van der Waals surface area contributed by atoms with Crippen molar-refractivity contribution >= 4 is 11.6 Å². The Hall–Kier alpha value is -2.60. The molecule has 5 nitrogen and oxygen atoms in total. The van der Waals surface area contributed by atoms with Crippen LogP contribution in [0.4, 0.5) is 4.39 Å². The second kappa shape index (κ2) is 7.91. The Morgan fingerprint density at radius 3 is 2.53 bits per heavy atom. The van der Waals surface area contributed by atoms with Gasteiger partial charge in [0.1, 0.15) is 11.5 Å². The molecule has 2 aliphatic rings. The number of benzene rings is 1. The minimum Gasteiger partial charge on any atom is -0.390 e. The molecule has 1 aliphatic carbocycles. The Bertz CT molecular complexity index is 971. The monoisotopic (exact) mass is 409 g/mol. The number of fused-ring (bicyclic) bond motifs is 1. The molecule has 1 aromatic heterocycles. The number of nitrogens with one attached hydrogen (secondary N) is 1. The molecule has 1 amide bonds. The van der Waals surface area contributed by atoms with Gasteiger partial charge in [0.2, 0.25) is 0 Å². The van der Waals surface area contributed by atoms with Crippen LogP contribution in [-0.4, -0.2) is 33.4 Å². The third-order valence-electron chi connectivity index (χ3n) is 6.37. The number of aliphatic imine (C=N–C) groups is 1. The summed E-state index contributed by atoms with van der Waals surface area (Å²) in [4.78, 5) is 21.6. The van der Waals surface area contributed by atoms with Gasteiger partial charge in [-0.1, -0.05) is 6.07 Å². The number of pyridine rings is 1. The maximum absolute atomic E-state index is 13.7. The molecule has 158 valence electrons. The molecule has 1 atom stereocenters. The van der Waals surface area contributed by atoms with E-state index in [-0.39, 0.29) is 29.7 Å². The average molecular weight is 410 g/mol. The molecule has 1 saturated carbocycles.